The zero-order valence-electron chi connectivity index (χ0n) is 13.7. The Bertz CT molecular complexity index is 521. The highest BCUT2D eigenvalue weighted by Crippen LogP contribution is 2.36. The van der Waals surface area contributed by atoms with Crippen LogP contribution in [0.2, 0.25) is 0 Å². The number of nitrogens with zero attached hydrogens (tertiary/aromatic N) is 3. The van der Waals surface area contributed by atoms with Gasteiger partial charge < -0.3 is 14.7 Å². The summed E-state index contributed by atoms with van der Waals surface area (Å²) in [6.07, 6.45) is 5.14. The monoisotopic (exact) mass is 360 g/mol. The maximum Gasteiger partial charge on any atom is 0.250 e. The van der Waals surface area contributed by atoms with Gasteiger partial charge in [0.2, 0.25) is 11.8 Å². The average Bonchev–Trinajstić information content (AvgIpc) is 3.26. The summed E-state index contributed by atoms with van der Waals surface area (Å²) in [5.74, 6) is 3.37. The Morgan fingerprint density at radius 2 is 2.22 bits per heavy atom. The SMILES string of the molecule is CNC(C)Cc1noc(C2CSCN2C(=O)C2CCCC2)n1.Cl. The number of nitrogens with one attached hydrogen (secondary N) is 1. The van der Waals surface area contributed by atoms with Crippen molar-refractivity contribution < 1.29 is 9.32 Å². The van der Waals surface area contributed by atoms with Crippen molar-refractivity contribution in [3.05, 3.63) is 11.7 Å². The van der Waals surface area contributed by atoms with Gasteiger partial charge in [-0.25, -0.2) is 0 Å². The molecular weight excluding hydrogens is 336 g/mol. The van der Waals surface area contributed by atoms with E-state index in [1.54, 1.807) is 11.8 Å². The first kappa shape index (κ1) is 18.5. The van der Waals surface area contributed by atoms with E-state index < -0.39 is 0 Å². The van der Waals surface area contributed by atoms with Crippen molar-refractivity contribution >= 4 is 30.1 Å². The molecule has 1 saturated carbocycles. The predicted octanol–water partition coefficient (Wildman–Crippen LogP) is 2.41. The van der Waals surface area contributed by atoms with Crippen molar-refractivity contribution in [2.24, 2.45) is 5.92 Å². The molecule has 130 valence electrons. The van der Waals surface area contributed by atoms with Gasteiger partial charge in [-0.05, 0) is 26.8 Å². The van der Waals surface area contributed by atoms with Crippen LogP contribution in [0.1, 0.15) is 50.4 Å². The third-order valence-corrected chi connectivity index (χ3v) is 5.63. The minimum absolute atomic E-state index is 0. The van der Waals surface area contributed by atoms with Crippen LogP contribution in [0.25, 0.3) is 0 Å². The van der Waals surface area contributed by atoms with E-state index >= 15 is 0 Å². The number of aromatic nitrogens is 2. The fourth-order valence-corrected chi connectivity index (χ4v) is 4.29. The van der Waals surface area contributed by atoms with Gasteiger partial charge in [0, 0.05) is 24.1 Å². The highest BCUT2D eigenvalue weighted by atomic mass is 35.5. The summed E-state index contributed by atoms with van der Waals surface area (Å²) in [5.41, 5.74) is 0. The van der Waals surface area contributed by atoms with E-state index in [0.717, 1.165) is 30.9 Å². The molecule has 1 N–H and O–H groups in total. The Labute approximate surface area is 147 Å². The molecule has 0 aromatic carbocycles. The molecule has 2 fully saturated rings. The van der Waals surface area contributed by atoms with E-state index in [-0.39, 0.29) is 30.3 Å². The van der Waals surface area contributed by atoms with Crippen LogP contribution in [0, 0.1) is 5.92 Å². The Hall–Kier alpha value is -0.790. The summed E-state index contributed by atoms with van der Waals surface area (Å²) in [4.78, 5) is 19.1. The summed E-state index contributed by atoms with van der Waals surface area (Å²) < 4.78 is 5.44. The van der Waals surface area contributed by atoms with E-state index in [1.807, 2.05) is 11.9 Å². The lowest BCUT2D eigenvalue weighted by Crippen LogP contribution is -2.35. The number of carbonyl (C=O) groups is 1. The molecule has 3 rings (SSSR count). The van der Waals surface area contributed by atoms with Crippen LogP contribution >= 0.6 is 24.2 Å². The van der Waals surface area contributed by atoms with Gasteiger partial charge in [0.25, 0.3) is 0 Å². The predicted molar refractivity (Wildman–Crippen MR) is 92.6 cm³/mol. The fourth-order valence-electron chi connectivity index (χ4n) is 3.13. The third kappa shape index (κ3) is 4.19. The van der Waals surface area contributed by atoms with Crippen LogP contribution < -0.4 is 5.32 Å². The van der Waals surface area contributed by atoms with Gasteiger partial charge in [-0.3, -0.25) is 4.79 Å². The Balaban J connectivity index is 0.00000192. The second kappa shape index (κ2) is 8.35. The molecule has 2 atom stereocenters. The Morgan fingerprint density at radius 1 is 1.48 bits per heavy atom. The first-order valence-corrected chi connectivity index (χ1v) is 9.22. The lowest BCUT2D eigenvalue weighted by molar-refractivity contribution is -0.136. The minimum Gasteiger partial charge on any atom is -0.337 e. The number of likely N-dealkylation sites (N-methyl/N-ethyl adjacent to an activating group) is 1. The zero-order valence-corrected chi connectivity index (χ0v) is 15.3. The molecule has 1 saturated heterocycles. The fraction of sp³-hybridized carbons (Fsp3) is 0.800. The highest BCUT2D eigenvalue weighted by molar-refractivity contribution is 7.99. The van der Waals surface area contributed by atoms with Crippen LogP contribution in [0.4, 0.5) is 0 Å². The largest absolute Gasteiger partial charge is 0.337 e. The van der Waals surface area contributed by atoms with E-state index in [9.17, 15) is 4.79 Å². The van der Waals surface area contributed by atoms with Gasteiger partial charge in [0.1, 0.15) is 6.04 Å². The number of carbonyl (C=O) groups excluding carboxylic acids is 1. The first-order chi connectivity index (χ1) is 10.7. The second-order valence-corrected chi connectivity index (χ2v) is 7.25. The molecule has 1 aliphatic carbocycles. The van der Waals surface area contributed by atoms with E-state index in [0.29, 0.717) is 17.8 Å². The molecule has 1 amide bonds. The normalized spacial score (nSPS) is 23.0. The number of hydrogen-bond donors (Lipinski definition) is 1. The van der Waals surface area contributed by atoms with Crippen LogP contribution in [-0.4, -0.2) is 45.7 Å². The number of halogens is 1. The molecule has 2 heterocycles. The Kier molecular flexibility index (Phi) is 6.73. The van der Waals surface area contributed by atoms with Crippen LogP contribution in [-0.2, 0) is 11.2 Å². The maximum atomic E-state index is 12.7. The van der Waals surface area contributed by atoms with E-state index in [1.165, 1.54) is 12.8 Å². The molecule has 8 heteroatoms. The summed E-state index contributed by atoms with van der Waals surface area (Å²) in [6, 6.07) is 0.254. The van der Waals surface area contributed by atoms with E-state index in [4.69, 9.17) is 4.52 Å². The number of hydrogen-bond acceptors (Lipinski definition) is 6. The van der Waals surface area contributed by atoms with Crippen molar-refractivity contribution in [1.82, 2.24) is 20.4 Å². The van der Waals surface area contributed by atoms with Gasteiger partial charge in [-0.2, -0.15) is 4.98 Å². The summed E-state index contributed by atoms with van der Waals surface area (Å²) in [6.45, 7) is 2.08. The molecule has 2 aliphatic rings. The molecule has 1 aromatic rings. The van der Waals surface area contributed by atoms with Crippen molar-refractivity contribution in [2.45, 2.75) is 51.1 Å². The molecule has 1 aliphatic heterocycles. The van der Waals surface area contributed by atoms with Gasteiger partial charge in [0.05, 0.1) is 5.88 Å². The van der Waals surface area contributed by atoms with Crippen LogP contribution in [0.3, 0.4) is 0 Å². The average molecular weight is 361 g/mol. The highest BCUT2D eigenvalue weighted by Gasteiger charge is 2.38. The number of amides is 1. The topological polar surface area (TPSA) is 71.3 Å². The first-order valence-electron chi connectivity index (χ1n) is 8.07. The minimum atomic E-state index is -0.0516. The van der Waals surface area contributed by atoms with Crippen LogP contribution in [0.5, 0.6) is 0 Å². The number of thioether (sulfide) groups is 1. The molecule has 0 spiro atoms. The number of rotatable bonds is 5. The molecular formula is C15H25ClN4O2S. The van der Waals surface area contributed by atoms with Gasteiger partial charge >= 0.3 is 0 Å². The molecule has 1 aromatic heterocycles. The molecule has 0 bridgehead atoms. The van der Waals surface area contributed by atoms with Gasteiger partial charge in [-0.15, -0.1) is 24.2 Å². The van der Waals surface area contributed by atoms with Gasteiger partial charge in [-0.1, -0.05) is 18.0 Å². The van der Waals surface area contributed by atoms with Gasteiger partial charge in [0.15, 0.2) is 5.82 Å². The smallest absolute Gasteiger partial charge is 0.250 e. The van der Waals surface area contributed by atoms with Crippen molar-refractivity contribution in [2.75, 3.05) is 18.7 Å². The third-order valence-electron chi connectivity index (χ3n) is 4.62. The molecule has 6 nitrogen and oxygen atoms in total. The van der Waals surface area contributed by atoms with Crippen molar-refractivity contribution in [1.29, 1.82) is 0 Å². The second-order valence-electron chi connectivity index (χ2n) is 6.25. The summed E-state index contributed by atoms with van der Waals surface area (Å²) >= 11 is 1.76. The lowest BCUT2D eigenvalue weighted by Gasteiger charge is -2.24. The quantitative estimate of drug-likeness (QED) is 0.869. The van der Waals surface area contributed by atoms with Crippen molar-refractivity contribution in [3.63, 3.8) is 0 Å². The summed E-state index contributed by atoms with van der Waals surface area (Å²) in [5, 5.41) is 7.23. The Morgan fingerprint density at radius 3 is 2.91 bits per heavy atom. The standard InChI is InChI=1S/C15H24N4O2S.ClH/c1-10(16-2)7-13-17-14(21-18-13)12-8-22-9-19(12)15(20)11-5-3-4-6-11;/h10-12,16H,3-9H2,1-2H3;1H. The molecule has 23 heavy (non-hydrogen) atoms. The molecule has 2 unspecified atom stereocenters. The lowest BCUT2D eigenvalue weighted by atomic mass is 10.1. The zero-order chi connectivity index (χ0) is 15.5. The molecule has 0 radical (unpaired) electrons. The maximum absolute atomic E-state index is 12.7. The van der Waals surface area contributed by atoms with Crippen LogP contribution in [0.15, 0.2) is 4.52 Å². The van der Waals surface area contributed by atoms with Crippen molar-refractivity contribution in [3.8, 4) is 0 Å². The summed E-state index contributed by atoms with van der Waals surface area (Å²) in [7, 11) is 1.92. The van der Waals surface area contributed by atoms with E-state index in [2.05, 4.69) is 22.4 Å².